The van der Waals surface area contributed by atoms with Gasteiger partial charge in [-0.1, -0.05) is 19.4 Å². The van der Waals surface area contributed by atoms with Gasteiger partial charge >= 0.3 is 0 Å². The lowest BCUT2D eigenvalue weighted by Gasteiger charge is -2.11. The highest BCUT2D eigenvalue weighted by Crippen LogP contribution is 1.96. The minimum atomic E-state index is 0.625. The van der Waals surface area contributed by atoms with Crippen LogP contribution in [0, 0.1) is 5.92 Å². The van der Waals surface area contributed by atoms with E-state index in [4.69, 9.17) is 5.73 Å². The molecule has 0 radical (unpaired) electrons. The Hall–Kier alpha value is -0.340. The van der Waals surface area contributed by atoms with Gasteiger partial charge in [-0.2, -0.15) is 0 Å². The summed E-state index contributed by atoms with van der Waals surface area (Å²) in [6.45, 7) is 8.45. The van der Waals surface area contributed by atoms with Gasteiger partial charge in [0.15, 0.2) is 0 Å². The second-order valence-corrected chi connectivity index (χ2v) is 2.46. The molecule has 0 saturated heterocycles. The fourth-order valence-electron chi connectivity index (χ4n) is 0.784. The van der Waals surface area contributed by atoms with E-state index in [0.717, 1.165) is 26.1 Å². The molecule has 0 fully saturated rings. The summed E-state index contributed by atoms with van der Waals surface area (Å²) in [6, 6.07) is 0. The van der Waals surface area contributed by atoms with Crippen molar-refractivity contribution in [2.75, 3.05) is 19.6 Å². The molecule has 1 atom stereocenters. The second-order valence-electron chi connectivity index (χ2n) is 2.46. The van der Waals surface area contributed by atoms with Crippen LogP contribution in [0.3, 0.4) is 0 Å². The molecule has 1 unspecified atom stereocenters. The van der Waals surface area contributed by atoms with Gasteiger partial charge in [0.2, 0.25) is 0 Å². The topological polar surface area (TPSA) is 38.0 Å². The van der Waals surface area contributed by atoms with Crippen LogP contribution in [-0.4, -0.2) is 19.6 Å². The van der Waals surface area contributed by atoms with E-state index in [-0.39, 0.29) is 0 Å². The minimum Gasteiger partial charge on any atom is -0.330 e. The van der Waals surface area contributed by atoms with Gasteiger partial charge in [0.1, 0.15) is 0 Å². The van der Waals surface area contributed by atoms with Gasteiger partial charge < -0.3 is 11.1 Å². The Kier molecular flexibility index (Phi) is 6.55. The zero-order valence-electron chi connectivity index (χ0n) is 6.77. The van der Waals surface area contributed by atoms with Crippen molar-refractivity contribution in [3.8, 4) is 0 Å². The summed E-state index contributed by atoms with van der Waals surface area (Å²) >= 11 is 0. The van der Waals surface area contributed by atoms with Gasteiger partial charge in [0, 0.05) is 6.54 Å². The SMILES string of the molecule is C=CCNCC(CC)CN. The Morgan fingerprint density at radius 3 is 2.80 bits per heavy atom. The molecule has 0 aromatic carbocycles. The van der Waals surface area contributed by atoms with Crippen molar-refractivity contribution >= 4 is 0 Å². The number of rotatable bonds is 6. The number of nitrogens with one attached hydrogen (secondary N) is 1. The molecular formula is C8H18N2. The maximum Gasteiger partial charge on any atom is 0.0132 e. The lowest BCUT2D eigenvalue weighted by molar-refractivity contribution is 0.485. The quantitative estimate of drug-likeness (QED) is 0.424. The van der Waals surface area contributed by atoms with Crippen LogP contribution in [0.15, 0.2) is 12.7 Å². The largest absolute Gasteiger partial charge is 0.330 e. The molecule has 0 spiro atoms. The first-order chi connectivity index (χ1) is 4.85. The Morgan fingerprint density at radius 1 is 1.70 bits per heavy atom. The molecule has 2 nitrogen and oxygen atoms in total. The highest BCUT2D eigenvalue weighted by molar-refractivity contribution is 4.71. The van der Waals surface area contributed by atoms with E-state index in [0.29, 0.717) is 5.92 Å². The standard InChI is InChI=1S/C8H18N2/c1-3-5-10-7-8(4-2)6-9/h3,8,10H,1,4-7,9H2,2H3. The molecule has 0 heterocycles. The fourth-order valence-corrected chi connectivity index (χ4v) is 0.784. The number of hydrogen-bond acceptors (Lipinski definition) is 2. The molecular weight excluding hydrogens is 124 g/mol. The minimum absolute atomic E-state index is 0.625. The van der Waals surface area contributed by atoms with Gasteiger partial charge in [-0.15, -0.1) is 6.58 Å². The van der Waals surface area contributed by atoms with Crippen LogP contribution in [0.4, 0.5) is 0 Å². The molecule has 2 heteroatoms. The third-order valence-electron chi connectivity index (χ3n) is 1.63. The predicted molar refractivity (Wildman–Crippen MR) is 45.9 cm³/mol. The van der Waals surface area contributed by atoms with Crippen LogP contribution in [0.5, 0.6) is 0 Å². The fraction of sp³-hybridized carbons (Fsp3) is 0.750. The average molecular weight is 142 g/mol. The molecule has 0 aliphatic rings. The Bertz CT molecular complexity index is 77.3. The van der Waals surface area contributed by atoms with Gasteiger partial charge in [-0.25, -0.2) is 0 Å². The summed E-state index contributed by atoms with van der Waals surface area (Å²) in [5.41, 5.74) is 5.50. The normalized spacial score (nSPS) is 13.0. The summed E-state index contributed by atoms with van der Waals surface area (Å²) < 4.78 is 0. The average Bonchev–Trinajstić information content (AvgIpc) is 1.99. The lowest BCUT2D eigenvalue weighted by atomic mass is 10.1. The number of nitrogens with two attached hydrogens (primary N) is 1. The second kappa shape index (κ2) is 6.78. The molecule has 0 rings (SSSR count). The van der Waals surface area contributed by atoms with Gasteiger partial charge in [0.05, 0.1) is 0 Å². The summed E-state index contributed by atoms with van der Waals surface area (Å²) in [4.78, 5) is 0. The van der Waals surface area contributed by atoms with Crippen molar-refractivity contribution in [3.63, 3.8) is 0 Å². The number of hydrogen-bond donors (Lipinski definition) is 2. The van der Waals surface area contributed by atoms with Gasteiger partial charge in [-0.05, 0) is 19.0 Å². The monoisotopic (exact) mass is 142 g/mol. The van der Waals surface area contributed by atoms with Crippen LogP contribution in [-0.2, 0) is 0 Å². The van der Waals surface area contributed by atoms with Crippen molar-refractivity contribution < 1.29 is 0 Å². The molecule has 0 aromatic heterocycles. The van der Waals surface area contributed by atoms with E-state index < -0.39 is 0 Å². The summed E-state index contributed by atoms with van der Waals surface area (Å²) in [7, 11) is 0. The third-order valence-corrected chi connectivity index (χ3v) is 1.63. The predicted octanol–water partition coefficient (Wildman–Crippen LogP) is 0.747. The molecule has 3 N–H and O–H groups in total. The van der Waals surface area contributed by atoms with Crippen molar-refractivity contribution in [1.82, 2.24) is 5.32 Å². The van der Waals surface area contributed by atoms with Crippen molar-refractivity contribution in [2.45, 2.75) is 13.3 Å². The zero-order valence-corrected chi connectivity index (χ0v) is 6.77. The van der Waals surface area contributed by atoms with Crippen LogP contribution in [0.2, 0.25) is 0 Å². The zero-order chi connectivity index (χ0) is 7.82. The lowest BCUT2D eigenvalue weighted by Crippen LogP contribution is -2.27. The summed E-state index contributed by atoms with van der Waals surface area (Å²) in [5.74, 6) is 0.625. The molecule has 0 aromatic rings. The van der Waals surface area contributed by atoms with Crippen molar-refractivity contribution in [2.24, 2.45) is 11.7 Å². The van der Waals surface area contributed by atoms with Crippen LogP contribution < -0.4 is 11.1 Å². The van der Waals surface area contributed by atoms with E-state index in [2.05, 4.69) is 18.8 Å². The molecule has 0 saturated carbocycles. The van der Waals surface area contributed by atoms with E-state index in [1.807, 2.05) is 6.08 Å². The molecule has 0 amide bonds. The van der Waals surface area contributed by atoms with Crippen molar-refractivity contribution in [1.29, 1.82) is 0 Å². The van der Waals surface area contributed by atoms with E-state index in [9.17, 15) is 0 Å². The highest BCUT2D eigenvalue weighted by Gasteiger charge is 2.00. The van der Waals surface area contributed by atoms with Gasteiger partial charge in [-0.3, -0.25) is 0 Å². The summed E-state index contributed by atoms with van der Waals surface area (Å²) in [6.07, 6.45) is 3.02. The highest BCUT2D eigenvalue weighted by atomic mass is 14.9. The molecule has 10 heavy (non-hydrogen) atoms. The van der Waals surface area contributed by atoms with Crippen LogP contribution >= 0.6 is 0 Å². The maximum absolute atomic E-state index is 5.50. The first-order valence-electron chi connectivity index (χ1n) is 3.86. The van der Waals surface area contributed by atoms with Crippen LogP contribution in [0.1, 0.15) is 13.3 Å². The molecule has 0 aliphatic carbocycles. The maximum atomic E-state index is 5.50. The van der Waals surface area contributed by atoms with Crippen molar-refractivity contribution in [3.05, 3.63) is 12.7 Å². The van der Waals surface area contributed by atoms with E-state index in [1.165, 1.54) is 0 Å². The van der Waals surface area contributed by atoms with E-state index in [1.54, 1.807) is 0 Å². The molecule has 0 aliphatic heterocycles. The Balaban J connectivity index is 3.16. The summed E-state index contributed by atoms with van der Waals surface area (Å²) in [5, 5.41) is 3.24. The van der Waals surface area contributed by atoms with E-state index >= 15 is 0 Å². The Labute approximate surface area is 63.5 Å². The van der Waals surface area contributed by atoms with Crippen LogP contribution in [0.25, 0.3) is 0 Å². The van der Waals surface area contributed by atoms with Gasteiger partial charge in [0.25, 0.3) is 0 Å². The smallest absolute Gasteiger partial charge is 0.0132 e. The first-order valence-corrected chi connectivity index (χ1v) is 3.86. The molecule has 0 bridgehead atoms. The first kappa shape index (κ1) is 9.66. The Morgan fingerprint density at radius 2 is 2.40 bits per heavy atom. The third kappa shape index (κ3) is 4.53. The molecule has 60 valence electrons.